The summed E-state index contributed by atoms with van der Waals surface area (Å²) in [6.07, 6.45) is 3.01. The van der Waals surface area contributed by atoms with Gasteiger partial charge in [0, 0.05) is 6.42 Å². The van der Waals surface area contributed by atoms with Gasteiger partial charge in [-0.15, -0.1) is 0 Å². The highest BCUT2D eigenvalue weighted by Crippen LogP contribution is 2.29. The largest absolute Gasteiger partial charge is 0.493 e. The second-order valence-electron chi connectivity index (χ2n) is 5.22. The van der Waals surface area contributed by atoms with Gasteiger partial charge < -0.3 is 9.47 Å². The Balaban J connectivity index is 2.01. The molecule has 0 saturated heterocycles. The molecule has 0 aliphatic carbocycles. The summed E-state index contributed by atoms with van der Waals surface area (Å²) in [4.78, 5) is 0. The molecule has 0 N–H and O–H groups in total. The van der Waals surface area contributed by atoms with E-state index in [1.165, 1.54) is 11.1 Å². The quantitative estimate of drug-likeness (QED) is 0.762. The van der Waals surface area contributed by atoms with Gasteiger partial charge in [-0.2, -0.15) is 0 Å². The molecule has 0 aromatic heterocycles. The van der Waals surface area contributed by atoms with Crippen LogP contribution in [0.4, 0.5) is 0 Å². The predicted octanol–water partition coefficient (Wildman–Crippen LogP) is 4.74. The van der Waals surface area contributed by atoms with E-state index in [-0.39, 0.29) is 0 Å². The Hall–Kier alpha value is -2.22. The van der Waals surface area contributed by atoms with Gasteiger partial charge in [-0.3, -0.25) is 0 Å². The van der Waals surface area contributed by atoms with Crippen LogP contribution in [0.15, 0.2) is 54.1 Å². The fourth-order valence-electron chi connectivity index (χ4n) is 2.15. The Kier molecular flexibility index (Phi) is 5.44. The molecule has 0 unspecified atom stereocenters. The van der Waals surface area contributed by atoms with E-state index in [9.17, 15) is 0 Å². The number of rotatable bonds is 6. The minimum Gasteiger partial charge on any atom is -0.493 e. The lowest BCUT2D eigenvalue weighted by molar-refractivity contribution is 0.297. The fraction of sp³-hybridized carbons (Fsp3) is 0.263. The first kappa shape index (κ1) is 15.2. The fourth-order valence-corrected chi connectivity index (χ4v) is 2.15. The van der Waals surface area contributed by atoms with Gasteiger partial charge in [0.25, 0.3) is 0 Å². The maximum absolute atomic E-state index is 5.85. The molecule has 0 radical (unpaired) electrons. The van der Waals surface area contributed by atoms with E-state index < -0.39 is 0 Å². The van der Waals surface area contributed by atoms with E-state index in [4.69, 9.17) is 9.47 Å². The lowest BCUT2D eigenvalue weighted by Gasteiger charge is -2.11. The van der Waals surface area contributed by atoms with Gasteiger partial charge in [0.05, 0.1) is 13.7 Å². The van der Waals surface area contributed by atoms with Crippen LogP contribution in [0, 0.1) is 0 Å². The third-order valence-corrected chi connectivity index (χ3v) is 3.13. The van der Waals surface area contributed by atoms with Crippen molar-refractivity contribution >= 4 is 6.08 Å². The average molecular weight is 282 g/mol. The van der Waals surface area contributed by atoms with Crippen molar-refractivity contribution in [3.05, 3.63) is 65.2 Å². The maximum atomic E-state index is 5.85. The topological polar surface area (TPSA) is 18.5 Å². The normalized spacial score (nSPS) is 10.0. The highest BCUT2D eigenvalue weighted by molar-refractivity contribution is 5.57. The van der Waals surface area contributed by atoms with E-state index in [0.29, 0.717) is 6.61 Å². The van der Waals surface area contributed by atoms with E-state index in [0.717, 1.165) is 23.5 Å². The summed E-state index contributed by atoms with van der Waals surface area (Å²) >= 11 is 0. The molecule has 0 aliphatic rings. The number of methoxy groups -OCH3 is 1. The molecule has 0 atom stereocenters. The molecule has 0 spiro atoms. The van der Waals surface area contributed by atoms with E-state index in [1.54, 1.807) is 7.11 Å². The van der Waals surface area contributed by atoms with Crippen LogP contribution in [0.3, 0.4) is 0 Å². The van der Waals surface area contributed by atoms with Gasteiger partial charge in [0.1, 0.15) is 0 Å². The van der Waals surface area contributed by atoms with Gasteiger partial charge >= 0.3 is 0 Å². The molecular formula is C19H22O2. The average Bonchev–Trinajstić information content (AvgIpc) is 2.49. The first-order chi connectivity index (χ1) is 10.2. The van der Waals surface area contributed by atoms with Gasteiger partial charge in [-0.25, -0.2) is 0 Å². The molecule has 110 valence electrons. The molecule has 0 fully saturated rings. The summed E-state index contributed by atoms with van der Waals surface area (Å²) in [5.41, 5.74) is 3.66. The third-order valence-electron chi connectivity index (χ3n) is 3.13. The number of hydrogen-bond donors (Lipinski definition) is 0. The van der Waals surface area contributed by atoms with Crippen molar-refractivity contribution in [2.75, 3.05) is 13.7 Å². The molecule has 2 heteroatoms. The van der Waals surface area contributed by atoms with Crippen LogP contribution in [0.1, 0.15) is 25.0 Å². The van der Waals surface area contributed by atoms with Crippen LogP contribution < -0.4 is 9.47 Å². The first-order valence-corrected chi connectivity index (χ1v) is 7.18. The standard InChI is InChI=1S/C19H22O2/c1-15(2)13-17-9-10-18(19(14-17)20-3)21-12-11-16-7-5-4-6-8-16/h4-10,13-14H,11-12H2,1-3H3. The number of hydrogen-bond acceptors (Lipinski definition) is 2. The molecular weight excluding hydrogens is 260 g/mol. The Bertz CT molecular complexity index is 596. The zero-order chi connectivity index (χ0) is 15.1. The van der Waals surface area contributed by atoms with Crippen molar-refractivity contribution in [2.24, 2.45) is 0 Å². The van der Waals surface area contributed by atoms with Gasteiger partial charge in [-0.1, -0.05) is 48.0 Å². The molecule has 0 heterocycles. The molecule has 0 bridgehead atoms. The molecule has 2 nitrogen and oxygen atoms in total. The minimum absolute atomic E-state index is 0.641. The number of benzene rings is 2. The summed E-state index contributed by atoms with van der Waals surface area (Å²) in [7, 11) is 1.67. The smallest absolute Gasteiger partial charge is 0.161 e. The van der Waals surface area contributed by atoms with Crippen LogP contribution in [-0.4, -0.2) is 13.7 Å². The van der Waals surface area contributed by atoms with Crippen LogP contribution in [-0.2, 0) is 6.42 Å². The summed E-state index contributed by atoms with van der Waals surface area (Å²) in [5, 5.41) is 0. The van der Waals surface area contributed by atoms with E-state index in [2.05, 4.69) is 32.1 Å². The van der Waals surface area contributed by atoms with Crippen LogP contribution >= 0.6 is 0 Å². The lowest BCUT2D eigenvalue weighted by atomic mass is 10.1. The molecule has 0 saturated carbocycles. The summed E-state index contributed by atoms with van der Waals surface area (Å²) in [6, 6.07) is 16.4. The number of ether oxygens (including phenoxy) is 2. The number of allylic oxidation sites excluding steroid dienone is 1. The summed E-state index contributed by atoms with van der Waals surface area (Å²) in [5.74, 6) is 1.57. The zero-order valence-corrected chi connectivity index (χ0v) is 12.9. The molecule has 21 heavy (non-hydrogen) atoms. The van der Waals surface area contributed by atoms with Crippen molar-refractivity contribution in [2.45, 2.75) is 20.3 Å². The van der Waals surface area contributed by atoms with Crippen LogP contribution in [0.25, 0.3) is 6.08 Å². The summed E-state index contributed by atoms with van der Waals surface area (Å²) in [6.45, 7) is 4.80. The van der Waals surface area contributed by atoms with Crippen LogP contribution in [0.5, 0.6) is 11.5 Å². The lowest BCUT2D eigenvalue weighted by Crippen LogP contribution is -2.02. The third kappa shape index (κ3) is 4.67. The Morgan fingerprint density at radius 2 is 1.76 bits per heavy atom. The molecule has 2 rings (SSSR count). The van der Waals surface area contributed by atoms with Crippen molar-refractivity contribution in [3.8, 4) is 11.5 Å². The highest BCUT2D eigenvalue weighted by atomic mass is 16.5. The van der Waals surface area contributed by atoms with Crippen molar-refractivity contribution in [1.29, 1.82) is 0 Å². The zero-order valence-electron chi connectivity index (χ0n) is 12.9. The van der Waals surface area contributed by atoms with Crippen molar-refractivity contribution in [3.63, 3.8) is 0 Å². The predicted molar refractivity (Wildman–Crippen MR) is 88.0 cm³/mol. The minimum atomic E-state index is 0.641. The van der Waals surface area contributed by atoms with E-state index in [1.807, 2.05) is 36.4 Å². The SMILES string of the molecule is COc1cc(C=C(C)C)ccc1OCCc1ccccc1. The Labute approximate surface area is 127 Å². The maximum Gasteiger partial charge on any atom is 0.161 e. The van der Waals surface area contributed by atoms with Gasteiger partial charge in [0.2, 0.25) is 0 Å². The van der Waals surface area contributed by atoms with Crippen molar-refractivity contribution in [1.82, 2.24) is 0 Å². The first-order valence-electron chi connectivity index (χ1n) is 7.18. The monoisotopic (exact) mass is 282 g/mol. The molecule has 0 amide bonds. The van der Waals surface area contributed by atoms with E-state index >= 15 is 0 Å². The van der Waals surface area contributed by atoms with Gasteiger partial charge in [-0.05, 0) is 37.1 Å². The Morgan fingerprint density at radius 3 is 2.43 bits per heavy atom. The molecule has 2 aromatic carbocycles. The van der Waals surface area contributed by atoms with Crippen molar-refractivity contribution < 1.29 is 9.47 Å². The highest BCUT2D eigenvalue weighted by Gasteiger charge is 2.05. The van der Waals surface area contributed by atoms with Gasteiger partial charge in [0.15, 0.2) is 11.5 Å². The molecule has 0 aliphatic heterocycles. The Morgan fingerprint density at radius 1 is 1.00 bits per heavy atom. The molecule has 2 aromatic rings. The van der Waals surface area contributed by atoms with Crippen LogP contribution in [0.2, 0.25) is 0 Å². The second-order valence-corrected chi connectivity index (χ2v) is 5.22. The summed E-state index contributed by atoms with van der Waals surface area (Å²) < 4.78 is 11.3. The second kappa shape index (κ2) is 7.53.